The van der Waals surface area contributed by atoms with Gasteiger partial charge in [-0.3, -0.25) is 9.79 Å². The van der Waals surface area contributed by atoms with Crippen LogP contribution in [0.3, 0.4) is 0 Å². The van der Waals surface area contributed by atoms with Crippen LogP contribution in [0.15, 0.2) is 29.3 Å². The number of benzene rings is 1. The van der Waals surface area contributed by atoms with Gasteiger partial charge in [-0.1, -0.05) is 43.5 Å². The third-order valence-corrected chi connectivity index (χ3v) is 4.19. The minimum Gasteiger partial charge on any atom is -0.465 e. The SMILES string of the molecule is O=C(CC1C=c2ccccc2=N1)OCC1CCCCC1. The largest absolute Gasteiger partial charge is 0.465 e. The molecule has 3 nitrogen and oxygen atoms in total. The van der Waals surface area contributed by atoms with Gasteiger partial charge in [0.1, 0.15) is 0 Å². The van der Waals surface area contributed by atoms with E-state index in [1.807, 2.05) is 24.3 Å². The predicted octanol–water partition coefficient (Wildman–Crippen LogP) is 1.98. The van der Waals surface area contributed by atoms with Gasteiger partial charge < -0.3 is 4.74 Å². The molecule has 0 bridgehead atoms. The summed E-state index contributed by atoms with van der Waals surface area (Å²) in [6, 6.07) is 7.94. The van der Waals surface area contributed by atoms with Crippen LogP contribution < -0.4 is 10.6 Å². The van der Waals surface area contributed by atoms with E-state index >= 15 is 0 Å². The summed E-state index contributed by atoms with van der Waals surface area (Å²) in [7, 11) is 0. The summed E-state index contributed by atoms with van der Waals surface area (Å²) in [5.41, 5.74) is 0. The highest BCUT2D eigenvalue weighted by Gasteiger charge is 2.18. The molecule has 2 aliphatic rings. The molecule has 1 aromatic carbocycles. The maximum Gasteiger partial charge on any atom is 0.308 e. The second kappa shape index (κ2) is 6.21. The topological polar surface area (TPSA) is 38.7 Å². The first-order valence-electron chi connectivity index (χ1n) is 7.61. The monoisotopic (exact) mass is 271 g/mol. The standard InChI is InChI=1S/C17H21NO2/c19-17(20-12-13-6-2-1-3-7-13)11-15-10-14-8-4-5-9-16(14)18-15/h4-5,8-10,13,15H,1-3,6-7,11-12H2. The molecule has 1 fully saturated rings. The van der Waals surface area contributed by atoms with Crippen molar-refractivity contribution in [2.75, 3.05) is 6.61 Å². The number of para-hydroxylation sites is 1. The molecule has 1 aromatic rings. The molecule has 0 aromatic heterocycles. The van der Waals surface area contributed by atoms with Crippen LogP contribution in [0.2, 0.25) is 0 Å². The number of fused-ring (bicyclic) bond motifs is 1. The molecule has 1 aliphatic carbocycles. The summed E-state index contributed by atoms with van der Waals surface area (Å²) < 4.78 is 5.42. The lowest BCUT2D eigenvalue weighted by Crippen LogP contribution is -2.19. The van der Waals surface area contributed by atoms with Crippen LogP contribution in [0.1, 0.15) is 38.5 Å². The van der Waals surface area contributed by atoms with E-state index in [1.54, 1.807) is 0 Å². The quantitative estimate of drug-likeness (QED) is 0.785. The van der Waals surface area contributed by atoms with Gasteiger partial charge in [0.15, 0.2) is 0 Å². The molecular weight excluding hydrogens is 250 g/mol. The van der Waals surface area contributed by atoms with Crippen molar-refractivity contribution in [1.82, 2.24) is 0 Å². The van der Waals surface area contributed by atoms with E-state index in [0.717, 1.165) is 10.6 Å². The summed E-state index contributed by atoms with van der Waals surface area (Å²) in [6.07, 6.45) is 8.72. The van der Waals surface area contributed by atoms with Crippen molar-refractivity contribution in [3.05, 3.63) is 34.8 Å². The molecule has 1 aliphatic heterocycles. The normalized spacial score (nSPS) is 21.7. The number of hydrogen-bond donors (Lipinski definition) is 0. The van der Waals surface area contributed by atoms with Crippen LogP contribution in [-0.4, -0.2) is 18.6 Å². The molecule has 20 heavy (non-hydrogen) atoms. The van der Waals surface area contributed by atoms with E-state index in [9.17, 15) is 4.79 Å². The van der Waals surface area contributed by atoms with Gasteiger partial charge in [-0.05, 0) is 30.0 Å². The Labute approximate surface area is 119 Å². The number of carbonyl (C=O) groups is 1. The molecule has 0 radical (unpaired) electrons. The highest BCUT2D eigenvalue weighted by atomic mass is 16.5. The Morgan fingerprint density at radius 3 is 2.80 bits per heavy atom. The summed E-state index contributed by atoms with van der Waals surface area (Å²) in [5.74, 6) is 0.461. The highest BCUT2D eigenvalue weighted by Crippen LogP contribution is 2.23. The number of ether oxygens (including phenoxy) is 1. The Hall–Kier alpha value is -1.64. The smallest absolute Gasteiger partial charge is 0.308 e. The van der Waals surface area contributed by atoms with E-state index < -0.39 is 0 Å². The minimum atomic E-state index is -0.117. The summed E-state index contributed by atoms with van der Waals surface area (Å²) >= 11 is 0. The van der Waals surface area contributed by atoms with Gasteiger partial charge in [-0.25, -0.2) is 0 Å². The Morgan fingerprint density at radius 2 is 2.00 bits per heavy atom. The van der Waals surface area contributed by atoms with Crippen LogP contribution in [0.4, 0.5) is 0 Å². The number of rotatable bonds is 4. The molecule has 3 heteroatoms. The minimum absolute atomic E-state index is 0.0498. The zero-order chi connectivity index (χ0) is 13.8. The van der Waals surface area contributed by atoms with Crippen LogP contribution in [0.5, 0.6) is 0 Å². The van der Waals surface area contributed by atoms with Crippen LogP contribution in [0, 0.1) is 5.92 Å². The molecule has 1 unspecified atom stereocenters. The van der Waals surface area contributed by atoms with E-state index in [0.29, 0.717) is 18.9 Å². The average molecular weight is 271 g/mol. The fourth-order valence-electron chi connectivity index (χ4n) is 3.07. The fourth-order valence-corrected chi connectivity index (χ4v) is 3.07. The third kappa shape index (κ3) is 3.27. The zero-order valence-electron chi connectivity index (χ0n) is 11.8. The molecule has 1 atom stereocenters. The molecule has 1 heterocycles. The van der Waals surface area contributed by atoms with Gasteiger partial charge >= 0.3 is 5.97 Å². The predicted molar refractivity (Wildman–Crippen MR) is 77.6 cm³/mol. The first-order valence-corrected chi connectivity index (χ1v) is 7.61. The molecule has 0 N–H and O–H groups in total. The van der Waals surface area contributed by atoms with E-state index in [-0.39, 0.29) is 12.0 Å². The summed E-state index contributed by atoms with van der Waals surface area (Å²) in [4.78, 5) is 16.4. The molecule has 0 saturated heterocycles. The lowest BCUT2D eigenvalue weighted by atomic mass is 9.90. The van der Waals surface area contributed by atoms with Gasteiger partial charge in [-0.15, -0.1) is 0 Å². The van der Waals surface area contributed by atoms with Crippen molar-refractivity contribution in [1.29, 1.82) is 0 Å². The average Bonchev–Trinajstić information content (AvgIpc) is 2.88. The number of hydrogen-bond acceptors (Lipinski definition) is 3. The summed E-state index contributed by atoms with van der Waals surface area (Å²) in [6.45, 7) is 0.596. The van der Waals surface area contributed by atoms with Crippen LogP contribution in [-0.2, 0) is 9.53 Å². The van der Waals surface area contributed by atoms with Crippen molar-refractivity contribution < 1.29 is 9.53 Å². The highest BCUT2D eigenvalue weighted by molar-refractivity contribution is 5.71. The molecule has 0 spiro atoms. The zero-order valence-corrected chi connectivity index (χ0v) is 11.8. The Bertz CT molecular complexity index is 552. The molecular formula is C17H21NO2. The fraction of sp³-hybridized carbons (Fsp3) is 0.529. The molecule has 3 rings (SSSR count). The second-order valence-electron chi connectivity index (χ2n) is 5.81. The first-order chi connectivity index (χ1) is 9.81. The van der Waals surface area contributed by atoms with Gasteiger partial charge in [0.2, 0.25) is 0 Å². The van der Waals surface area contributed by atoms with E-state index in [2.05, 4.69) is 11.1 Å². The first kappa shape index (κ1) is 13.3. The van der Waals surface area contributed by atoms with Crippen molar-refractivity contribution in [2.45, 2.75) is 44.6 Å². The second-order valence-corrected chi connectivity index (χ2v) is 5.81. The maximum absolute atomic E-state index is 11.9. The van der Waals surface area contributed by atoms with Gasteiger partial charge in [0.05, 0.1) is 24.4 Å². The molecule has 0 amide bonds. The Balaban J connectivity index is 1.49. The number of carbonyl (C=O) groups excluding carboxylic acids is 1. The van der Waals surface area contributed by atoms with Gasteiger partial charge in [-0.2, -0.15) is 0 Å². The summed E-state index contributed by atoms with van der Waals surface area (Å²) in [5, 5.41) is 2.11. The van der Waals surface area contributed by atoms with Crippen molar-refractivity contribution >= 4 is 12.0 Å². The molecule has 106 valence electrons. The van der Waals surface area contributed by atoms with E-state index in [4.69, 9.17) is 4.74 Å². The Kier molecular flexibility index (Phi) is 4.14. The molecule has 1 saturated carbocycles. The van der Waals surface area contributed by atoms with E-state index in [1.165, 1.54) is 32.1 Å². The number of nitrogens with zero attached hydrogens (tertiary/aromatic N) is 1. The maximum atomic E-state index is 11.9. The number of esters is 1. The van der Waals surface area contributed by atoms with Crippen molar-refractivity contribution in [3.8, 4) is 0 Å². The van der Waals surface area contributed by atoms with Gasteiger partial charge in [0.25, 0.3) is 0 Å². The van der Waals surface area contributed by atoms with Crippen molar-refractivity contribution in [2.24, 2.45) is 10.9 Å². The van der Waals surface area contributed by atoms with Crippen LogP contribution >= 0.6 is 0 Å². The third-order valence-electron chi connectivity index (χ3n) is 4.19. The van der Waals surface area contributed by atoms with Crippen LogP contribution in [0.25, 0.3) is 6.08 Å². The Morgan fingerprint density at radius 1 is 1.20 bits per heavy atom. The van der Waals surface area contributed by atoms with Crippen molar-refractivity contribution in [3.63, 3.8) is 0 Å². The lowest BCUT2D eigenvalue weighted by Gasteiger charge is -2.21. The van der Waals surface area contributed by atoms with Gasteiger partial charge in [0, 0.05) is 0 Å². The lowest BCUT2D eigenvalue weighted by molar-refractivity contribution is -0.145.